The Hall–Kier alpha value is -1.36. The first kappa shape index (κ1) is 13.3. The summed E-state index contributed by atoms with van der Waals surface area (Å²) in [5, 5.41) is 5.46. The summed E-state index contributed by atoms with van der Waals surface area (Å²) in [6, 6.07) is 8.72. The quantitative estimate of drug-likeness (QED) is 0.743. The summed E-state index contributed by atoms with van der Waals surface area (Å²) in [6.07, 6.45) is 4.38. The molecule has 2 aliphatic heterocycles. The van der Waals surface area contributed by atoms with Crippen LogP contribution in [0.2, 0.25) is 0 Å². The lowest BCUT2D eigenvalue weighted by Gasteiger charge is -2.36. The standard InChI is InChI=1S/C16H18BrN3O/c1-19-14-5-3-2-4-13(14)15(18-19)16(21)20-11-6-7-12(20)9-10(17)8-11/h2-5,10-12H,6-9H2,1H3. The molecule has 2 aliphatic rings. The van der Waals surface area contributed by atoms with E-state index in [1.807, 2.05) is 36.0 Å². The summed E-state index contributed by atoms with van der Waals surface area (Å²) < 4.78 is 1.81. The minimum Gasteiger partial charge on any atom is -0.331 e. The first-order valence-corrected chi connectivity index (χ1v) is 8.45. The summed E-state index contributed by atoms with van der Waals surface area (Å²) in [5.74, 6) is 0.110. The van der Waals surface area contributed by atoms with Crippen LogP contribution in [0.5, 0.6) is 0 Å². The van der Waals surface area contributed by atoms with Crippen molar-refractivity contribution < 1.29 is 4.79 Å². The number of carbonyl (C=O) groups is 1. The molecule has 3 heterocycles. The van der Waals surface area contributed by atoms with Crippen molar-refractivity contribution in [3.63, 3.8) is 0 Å². The molecule has 0 radical (unpaired) electrons. The molecule has 1 amide bonds. The third kappa shape index (κ3) is 2.01. The molecule has 2 unspecified atom stereocenters. The van der Waals surface area contributed by atoms with Crippen LogP contribution in [0.4, 0.5) is 0 Å². The topological polar surface area (TPSA) is 38.1 Å². The van der Waals surface area contributed by atoms with E-state index in [1.54, 1.807) is 0 Å². The molecule has 4 nitrogen and oxygen atoms in total. The maximum Gasteiger partial charge on any atom is 0.275 e. The van der Waals surface area contributed by atoms with Gasteiger partial charge in [-0.1, -0.05) is 34.1 Å². The number of aromatic nitrogens is 2. The van der Waals surface area contributed by atoms with E-state index in [1.165, 1.54) is 0 Å². The molecular formula is C16H18BrN3O. The van der Waals surface area contributed by atoms with Gasteiger partial charge in [0, 0.05) is 29.3 Å². The molecule has 2 saturated heterocycles. The van der Waals surface area contributed by atoms with Crippen LogP contribution in [0.3, 0.4) is 0 Å². The van der Waals surface area contributed by atoms with Crippen molar-refractivity contribution in [2.75, 3.05) is 0 Å². The van der Waals surface area contributed by atoms with Gasteiger partial charge in [-0.15, -0.1) is 0 Å². The highest BCUT2D eigenvalue weighted by Gasteiger charge is 2.43. The third-order valence-corrected chi connectivity index (χ3v) is 5.62. The van der Waals surface area contributed by atoms with E-state index in [0.29, 0.717) is 22.6 Å². The monoisotopic (exact) mass is 347 g/mol. The number of nitrogens with zero attached hydrogens (tertiary/aromatic N) is 3. The van der Waals surface area contributed by atoms with Gasteiger partial charge in [0.05, 0.1) is 5.52 Å². The maximum absolute atomic E-state index is 13.0. The molecule has 2 fully saturated rings. The molecule has 2 bridgehead atoms. The molecule has 0 aliphatic carbocycles. The van der Waals surface area contributed by atoms with Crippen LogP contribution >= 0.6 is 15.9 Å². The van der Waals surface area contributed by atoms with Gasteiger partial charge in [0.1, 0.15) is 0 Å². The smallest absolute Gasteiger partial charge is 0.275 e. The number of benzene rings is 1. The van der Waals surface area contributed by atoms with Crippen LogP contribution < -0.4 is 0 Å². The summed E-state index contributed by atoms with van der Waals surface area (Å²) in [7, 11) is 1.90. The summed E-state index contributed by atoms with van der Waals surface area (Å²) in [4.78, 5) is 15.7. The maximum atomic E-state index is 13.0. The minimum atomic E-state index is 0.110. The average Bonchev–Trinajstić information content (AvgIpc) is 2.95. The lowest BCUT2D eigenvalue weighted by molar-refractivity contribution is 0.0598. The van der Waals surface area contributed by atoms with Crippen molar-refractivity contribution in [1.82, 2.24) is 14.7 Å². The molecule has 0 saturated carbocycles. The van der Waals surface area contributed by atoms with Crippen LogP contribution in [0.15, 0.2) is 24.3 Å². The number of aryl methyl sites for hydroxylation is 1. The number of amides is 1. The van der Waals surface area contributed by atoms with Crippen molar-refractivity contribution >= 4 is 32.7 Å². The molecule has 1 aromatic carbocycles. The van der Waals surface area contributed by atoms with Gasteiger partial charge in [-0.2, -0.15) is 5.10 Å². The Labute approximate surface area is 132 Å². The number of carbonyl (C=O) groups excluding carboxylic acids is 1. The zero-order chi connectivity index (χ0) is 14.6. The zero-order valence-electron chi connectivity index (χ0n) is 12.0. The van der Waals surface area contributed by atoms with Gasteiger partial charge < -0.3 is 4.90 Å². The molecule has 5 heteroatoms. The molecule has 4 rings (SSSR count). The van der Waals surface area contributed by atoms with Crippen LogP contribution in [0, 0.1) is 0 Å². The number of fused-ring (bicyclic) bond motifs is 3. The van der Waals surface area contributed by atoms with Crippen LogP contribution in [0.1, 0.15) is 36.2 Å². The highest BCUT2D eigenvalue weighted by atomic mass is 79.9. The molecule has 21 heavy (non-hydrogen) atoms. The fraction of sp³-hybridized carbons (Fsp3) is 0.500. The number of alkyl halides is 1. The number of piperidine rings is 1. The lowest BCUT2D eigenvalue weighted by Crippen LogP contribution is -2.47. The highest BCUT2D eigenvalue weighted by molar-refractivity contribution is 9.09. The largest absolute Gasteiger partial charge is 0.331 e. The fourth-order valence-corrected chi connectivity index (χ4v) is 4.80. The van der Waals surface area contributed by atoms with E-state index in [0.717, 1.165) is 36.6 Å². The van der Waals surface area contributed by atoms with Crippen molar-refractivity contribution in [2.45, 2.75) is 42.6 Å². The second kappa shape index (κ2) is 4.83. The van der Waals surface area contributed by atoms with Gasteiger partial charge in [-0.05, 0) is 31.7 Å². The molecule has 2 atom stereocenters. The molecule has 1 aromatic heterocycles. The molecule has 0 spiro atoms. The van der Waals surface area contributed by atoms with E-state index in [2.05, 4.69) is 25.9 Å². The normalized spacial score (nSPS) is 28.3. The predicted octanol–water partition coefficient (Wildman–Crippen LogP) is 3.10. The Bertz CT molecular complexity index is 697. The predicted molar refractivity (Wildman–Crippen MR) is 85.6 cm³/mol. The second-order valence-electron chi connectivity index (χ2n) is 6.16. The summed E-state index contributed by atoms with van der Waals surface area (Å²) in [6.45, 7) is 0. The Morgan fingerprint density at radius 1 is 1.24 bits per heavy atom. The first-order chi connectivity index (χ1) is 10.1. The number of hydrogen-bond acceptors (Lipinski definition) is 2. The summed E-state index contributed by atoms with van der Waals surface area (Å²) >= 11 is 3.73. The minimum absolute atomic E-state index is 0.110. The number of para-hydroxylation sites is 1. The van der Waals surface area contributed by atoms with Crippen LogP contribution in [-0.2, 0) is 7.05 Å². The Morgan fingerprint density at radius 3 is 2.62 bits per heavy atom. The van der Waals surface area contributed by atoms with Crippen LogP contribution in [-0.4, -0.2) is 37.5 Å². The Morgan fingerprint density at radius 2 is 1.90 bits per heavy atom. The Balaban J connectivity index is 1.74. The molecule has 2 aromatic rings. The van der Waals surface area contributed by atoms with Crippen molar-refractivity contribution in [3.05, 3.63) is 30.0 Å². The number of hydrogen-bond donors (Lipinski definition) is 0. The third-order valence-electron chi connectivity index (χ3n) is 4.87. The fourth-order valence-electron chi connectivity index (χ4n) is 3.94. The highest BCUT2D eigenvalue weighted by Crippen LogP contribution is 2.39. The van der Waals surface area contributed by atoms with E-state index < -0.39 is 0 Å². The second-order valence-corrected chi connectivity index (χ2v) is 7.45. The zero-order valence-corrected chi connectivity index (χ0v) is 13.6. The van der Waals surface area contributed by atoms with Gasteiger partial charge in [-0.25, -0.2) is 0 Å². The van der Waals surface area contributed by atoms with Crippen LogP contribution in [0.25, 0.3) is 10.9 Å². The van der Waals surface area contributed by atoms with E-state index >= 15 is 0 Å². The molecule has 0 N–H and O–H groups in total. The van der Waals surface area contributed by atoms with Gasteiger partial charge in [0.15, 0.2) is 5.69 Å². The van der Waals surface area contributed by atoms with Crippen molar-refractivity contribution in [3.8, 4) is 0 Å². The SMILES string of the molecule is Cn1nc(C(=O)N2C3CCC2CC(Br)C3)c2ccccc21. The van der Waals surface area contributed by atoms with Gasteiger partial charge in [0.2, 0.25) is 0 Å². The van der Waals surface area contributed by atoms with Crippen molar-refractivity contribution in [2.24, 2.45) is 7.05 Å². The van der Waals surface area contributed by atoms with Gasteiger partial charge in [-0.3, -0.25) is 9.48 Å². The van der Waals surface area contributed by atoms with Gasteiger partial charge >= 0.3 is 0 Å². The summed E-state index contributed by atoms with van der Waals surface area (Å²) in [5.41, 5.74) is 1.63. The van der Waals surface area contributed by atoms with E-state index in [-0.39, 0.29) is 5.91 Å². The molecule has 110 valence electrons. The number of rotatable bonds is 1. The first-order valence-electron chi connectivity index (χ1n) is 7.53. The molecular weight excluding hydrogens is 330 g/mol. The number of halogens is 1. The Kier molecular flexibility index (Phi) is 3.06. The average molecular weight is 348 g/mol. The van der Waals surface area contributed by atoms with E-state index in [4.69, 9.17) is 0 Å². The lowest BCUT2D eigenvalue weighted by atomic mass is 10.0. The van der Waals surface area contributed by atoms with Crippen molar-refractivity contribution in [1.29, 1.82) is 0 Å². The van der Waals surface area contributed by atoms with Gasteiger partial charge in [0.25, 0.3) is 5.91 Å². The van der Waals surface area contributed by atoms with E-state index in [9.17, 15) is 4.79 Å².